The van der Waals surface area contributed by atoms with Crippen molar-refractivity contribution in [1.82, 2.24) is 14.8 Å². The Balaban J connectivity index is 1.47. The first-order valence-corrected chi connectivity index (χ1v) is 13.2. The highest BCUT2D eigenvalue weighted by Gasteiger charge is 2.34. The minimum Gasteiger partial charge on any atom is -0.493 e. The molecule has 0 saturated heterocycles. The SMILES string of the molecule is CCOc1ccccc1NC(=O)C1=C(C)Nc2ncnn2C1c1ccc(OCc2cccc(Br)c2)c(OC)c1. The molecular formula is C29H28BrN5O4. The third kappa shape index (κ3) is 5.61. The van der Waals surface area contributed by atoms with E-state index in [1.54, 1.807) is 11.8 Å². The Morgan fingerprint density at radius 2 is 1.90 bits per heavy atom. The van der Waals surface area contributed by atoms with Crippen molar-refractivity contribution in [2.24, 2.45) is 0 Å². The molecule has 2 N–H and O–H groups in total. The molecule has 200 valence electrons. The van der Waals surface area contributed by atoms with Crippen molar-refractivity contribution in [1.29, 1.82) is 0 Å². The first kappa shape index (κ1) is 26.3. The number of halogens is 1. The van der Waals surface area contributed by atoms with Crippen LogP contribution in [0.3, 0.4) is 0 Å². The number of fused-ring (bicyclic) bond motifs is 1. The minimum absolute atomic E-state index is 0.285. The van der Waals surface area contributed by atoms with Gasteiger partial charge in [0.15, 0.2) is 11.5 Å². The molecule has 0 saturated carbocycles. The van der Waals surface area contributed by atoms with E-state index in [-0.39, 0.29) is 5.91 Å². The summed E-state index contributed by atoms with van der Waals surface area (Å²) < 4.78 is 20.1. The molecule has 1 aliphatic heterocycles. The van der Waals surface area contributed by atoms with Gasteiger partial charge >= 0.3 is 0 Å². The number of hydrogen-bond donors (Lipinski definition) is 2. The maximum atomic E-state index is 13.8. The summed E-state index contributed by atoms with van der Waals surface area (Å²) in [5.74, 6) is 1.99. The number of para-hydroxylation sites is 2. The van der Waals surface area contributed by atoms with E-state index in [2.05, 4.69) is 36.6 Å². The molecule has 5 rings (SSSR count). The molecule has 0 radical (unpaired) electrons. The van der Waals surface area contributed by atoms with Crippen molar-refractivity contribution in [2.45, 2.75) is 26.5 Å². The summed E-state index contributed by atoms with van der Waals surface area (Å²) in [5, 5.41) is 10.6. The number of aromatic nitrogens is 3. The monoisotopic (exact) mass is 589 g/mol. The Hall–Kier alpha value is -4.31. The Morgan fingerprint density at radius 3 is 2.69 bits per heavy atom. The van der Waals surface area contributed by atoms with Gasteiger partial charge in [0.2, 0.25) is 5.95 Å². The van der Waals surface area contributed by atoms with Crippen molar-refractivity contribution in [3.8, 4) is 17.2 Å². The van der Waals surface area contributed by atoms with Crippen LogP contribution in [0.5, 0.6) is 17.2 Å². The molecule has 1 amide bonds. The van der Waals surface area contributed by atoms with Crippen LogP contribution in [0.25, 0.3) is 0 Å². The fourth-order valence-corrected chi connectivity index (χ4v) is 4.94. The summed E-state index contributed by atoms with van der Waals surface area (Å²) in [6.07, 6.45) is 1.46. The van der Waals surface area contributed by atoms with E-state index in [0.29, 0.717) is 53.4 Å². The van der Waals surface area contributed by atoms with E-state index in [9.17, 15) is 4.79 Å². The number of hydrogen-bond acceptors (Lipinski definition) is 7. The number of rotatable bonds is 9. The number of nitrogens with one attached hydrogen (secondary N) is 2. The van der Waals surface area contributed by atoms with Gasteiger partial charge in [0, 0.05) is 10.2 Å². The predicted octanol–water partition coefficient (Wildman–Crippen LogP) is 5.95. The molecule has 10 heteroatoms. The number of carbonyl (C=O) groups is 1. The van der Waals surface area contributed by atoms with Crippen molar-refractivity contribution in [3.63, 3.8) is 0 Å². The molecule has 2 heterocycles. The Labute approximate surface area is 234 Å². The van der Waals surface area contributed by atoms with Gasteiger partial charge in [0.25, 0.3) is 5.91 Å². The van der Waals surface area contributed by atoms with E-state index in [4.69, 9.17) is 14.2 Å². The lowest BCUT2D eigenvalue weighted by molar-refractivity contribution is -0.113. The average molecular weight is 590 g/mol. The Morgan fingerprint density at radius 1 is 1.05 bits per heavy atom. The van der Waals surface area contributed by atoms with E-state index >= 15 is 0 Å². The second kappa shape index (κ2) is 11.6. The molecule has 0 fully saturated rings. The van der Waals surface area contributed by atoms with Gasteiger partial charge in [-0.2, -0.15) is 10.1 Å². The fourth-order valence-electron chi connectivity index (χ4n) is 4.50. The first-order chi connectivity index (χ1) is 19.0. The van der Waals surface area contributed by atoms with Crippen LogP contribution in [0.1, 0.15) is 31.0 Å². The van der Waals surface area contributed by atoms with Gasteiger partial charge < -0.3 is 24.8 Å². The molecular weight excluding hydrogens is 562 g/mol. The van der Waals surface area contributed by atoms with Crippen molar-refractivity contribution in [3.05, 3.63) is 99.9 Å². The van der Waals surface area contributed by atoms with Crippen LogP contribution < -0.4 is 24.8 Å². The number of methoxy groups -OCH3 is 1. The van der Waals surface area contributed by atoms with Gasteiger partial charge in [-0.15, -0.1) is 0 Å². The number of amides is 1. The molecule has 0 spiro atoms. The summed E-state index contributed by atoms with van der Waals surface area (Å²) in [5.41, 5.74) is 3.55. The molecule has 39 heavy (non-hydrogen) atoms. The molecule has 1 unspecified atom stereocenters. The van der Waals surface area contributed by atoms with Crippen LogP contribution in [0, 0.1) is 0 Å². The highest BCUT2D eigenvalue weighted by atomic mass is 79.9. The van der Waals surface area contributed by atoms with Gasteiger partial charge in [-0.1, -0.05) is 46.3 Å². The van der Waals surface area contributed by atoms with E-state index in [1.165, 1.54) is 6.33 Å². The van der Waals surface area contributed by atoms with Gasteiger partial charge in [0.05, 0.1) is 25.0 Å². The van der Waals surface area contributed by atoms with E-state index < -0.39 is 6.04 Å². The normalized spacial score (nSPS) is 14.3. The van der Waals surface area contributed by atoms with Crippen LogP contribution in [-0.4, -0.2) is 34.4 Å². The number of nitrogens with zero attached hydrogens (tertiary/aromatic N) is 3. The summed E-state index contributed by atoms with van der Waals surface area (Å²) in [6, 6.07) is 20.3. The topological polar surface area (TPSA) is 99.5 Å². The molecule has 4 aromatic rings. The molecule has 0 bridgehead atoms. The first-order valence-electron chi connectivity index (χ1n) is 12.4. The second-order valence-electron chi connectivity index (χ2n) is 8.81. The van der Waals surface area contributed by atoms with Crippen molar-refractivity contribution >= 4 is 33.5 Å². The predicted molar refractivity (Wildman–Crippen MR) is 152 cm³/mol. The van der Waals surface area contributed by atoms with Crippen molar-refractivity contribution in [2.75, 3.05) is 24.4 Å². The number of anilines is 2. The number of ether oxygens (including phenoxy) is 3. The van der Waals surface area contributed by atoms with Gasteiger partial charge in [0.1, 0.15) is 24.7 Å². The lowest BCUT2D eigenvalue weighted by Crippen LogP contribution is -2.31. The lowest BCUT2D eigenvalue weighted by atomic mass is 9.94. The van der Waals surface area contributed by atoms with Gasteiger partial charge in [-0.05, 0) is 61.4 Å². The smallest absolute Gasteiger partial charge is 0.255 e. The van der Waals surface area contributed by atoms with Crippen LogP contribution in [-0.2, 0) is 11.4 Å². The standard InChI is InChI=1S/C29H28BrN5O4/c1-4-38-23-11-6-5-10-22(23)34-28(36)26-18(2)33-29-31-17-32-35(29)27(26)20-12-13-24(25(15-20)37-3)39-16-19-8-7-9-21(30)14-19/h5-15,17,27H,4,16H2,1-3H3,(H,34,36)(H,31,32,33). The van der Waals surface area contributed by atoms with Crippen molar-refractivity contribution < 1.29 is 19.0 Å². The quantitative estimate of drug-likeness (QED) is 0.248. The Kier molecular flexibility index (Phi) is 7.83. The summed E-state index contributed by atoms with van der Waals surface area (Å²) >= 11 is 3.49. The summed E-state index contributed by atoms with van der Waals surface area (Å²) in [6.45, 7) is 4.61. The summed E-state index contributed by atoms with van der Waals surface area (Å²) in [7, 11) is 1.59. The van der Waals surface area contributed by atoms with Crippen LogP contribution in [0.2, 0.25) is 0 Å². The van der Waals surface area contributed by atoms with Crippen LogP contribution in [0.4, 0.5) is 11.6 Å². The Bertz CT molecular complexity index is 1530. The molecule has 9 nitrogen and oxygen atoms in total. The minimum atomic E-state index is -0.559. The highest BCUT2D eigenvalue weighted by Crippen LogP contribution is 2.39. The third-order valence-corrected chi connectivity index (χ3v) is 6.75. The highest BCUT2D eigenvalue weighted by molar-refractivity contribution is 9.10. The maximum Gasteiger partial charge on any atom is 0.255 e. The fraction of sp³-hybridized carbons (Fsp3) is 0.207. The second-order valence-corrected chi connectivity index (χ2v) is 9.72. The maximum absolute atomic E-state index is 13.8. The van der Waals surface area contributed by atoms with E-state index in [1.807, 2.05) is 80.6 Å². The lowest BCUT2D eigenvalue weighted by Gasteiger charge is -2.29. The number of benzene rings is 3. The largest absolute Gasteiger partial charge is 0.493 e. The molecule has 3 aromatic carbocycles. The zero-order valence-corrected chi connectivity index (χ0v) is 23.4. The number of carbonyl (C=O) groups excluding carboxylic acids is 1. The zero-order valence-electron chi connectivity index (χ0n) is 21.8. The van der Waals surface area contributed by atoms with Gasteiger partial charge in [-0.3, -0.25) is 4.79 Å². The summed E-state index contributed by atoms with van der Waals surface area (Å²) in [4.78, 5) is 18.1. The van der Waals surface area contributed by atoms with Crippen LogP contribution in [0.15, 0.2) is 88.8 Å². The zero-order chi connectivity index (χ0) is 27.4. The van der Waals surface area contributed by atoms with Crippen LogP contribution >= 0.6 is 15.9 Å². The van der Waals surface area contributed by atoms with E-state index in [0.717, 1.165) is 15.6 Å². The van der Waals surface area contributed by atoms with Gasteiger partial charge in [-0.25, -0.2) is 4.68 Å². The number of allylic oxidation sites excluding steroid dienone is 1. The average Bonchev–Trinajstić information content (AvgIpc) is 3.40. The molecule has 1 aliphatic rings. The molecule has 0 aliphatic carbocycles. The third-order valence-electron chi connectivity index (χ3n) is 6.26. The molecule has 1 aromatic heterocycles. The molecule has 1 atom stereocenters.